The van der Waals surface area contributed by atoms with Crippen LogP contribution in [0.15, 0.2) is 12.2 Å². The predicted molar refractivity (Wildman–Crippen MR) is 273 cm³/mol. The van der Waals surface area contributed by atoms with E-state index in [2.05, 4.69) is 31.3 Å². The minimum absolute atomic E-state index is 0.00188. The first-order valence-electron chi connectivity index (χ1n) is 28.4. The standard InChI is InChI=1S/C57H111NO5/c1-3-5-7-9-11-13-15-17-18-19-20-24-27-31-35-39-43-47-51-57(62)63-52-48-44-40-36-32-28-25-22-21-23-26-30-34-38-42-46-50-56(61)58-54(53-59)55(60)49-45-41-37-33-29-16-14-12-10-8-6-4-2/h21,23,54-55,59-60H,3-20,22,24-53H2,1-2H3,(H,58,61)/b23-21-. The molecule has 0 bridgehead atoms. The number of hydrogen-bond donors (Lipinski definition) is 3. The second-order valence-corrected chi connectivity index (χ2v) is 19.6. The van der Waals surface area contributed by atoms with Gasteiger partial charge < -0.3 is 20.3 Å². The molecule has 6 nitrogen and oxygen atoms in total. The third kappa shape index (κ3) is 49.9. The van der Waals surface area contributed by atoms with Crippen molar-refractivity contribution < 1.29 is 24.5 Å². The van der Waals surface area contributed by atoms with E-state index in [9.17, 15) is 19.8 Å². The predicted octanol–water partition coefficient (Wildman–Crippen LogP) is 17.3. The molecule has 0 spiro atoms. The molecule has 0 fully saturated rings. The molecular weight excluding hydrogens is 779 g/mol. The van der Waals surface area contributed by atoms with Crippen LogP contribution in [0.3, 0.4) is 0 Å². The molecule has 1 amide bonds. The molecule has 0 saturated carbocycles. The van der Waals surface area contributed by atoms with Crippen LogP contribution < -0.4 is 5.32 Å². The largest absolute Gasteiger partial charge is 0.466 e. The van der Waals surface area contributed by atoms with Crippen molar-refractivity contribution in [3.8, 4) is 0 Å². The Kier molecular flexibility index (Phi) is 52.0. The molecule has 374 valence electrons. The van der Waals surface area contributed by atoms with Crippen LogP contribution in [0, 0.1) is 0 Å². The second-order valence-electron chi connectivity index (χ2n) is 19.6. The summed E-state index contributed by atoms with van der Waals surface area (Å²) in [5, 5.41) is 23.2. The van der Waals surface area contributed by atoms with Gasteiger partial charge in [-0.25, -0.2) is 0 Å². The van der Waals surface area contributed by atoms with E-state index in [1.165, 1.54) is 218 Å². The number of allylic oxidation sites excluding steroid dienone is 2. The summed E-state index contributed by atoms with van der Waals surface area (Å²) in [6.07, 6.45) is 62.0. The smallest absolute Gasteiger partial charge is 0.305 e. The molecule has 0 aromatic carbocycles. The number of ether oxygens (including phenoxy) is 1. The quantitative estimate of drug-likeness (QED) is 0.0321. The van der Waals surface area contributed by atoms with Crippen molar-refractivity contribution in [1.82, 2.24) is 5.32 Å². The average Bonchev–Trinajstić information content (AvgIpc) is 3.28. The zero-order chi connectivity index (χ0) is 45.8. The molecular formula is C57H111NO5. The number of carbonyl (C=O) groups excluding carboxylic acids is 2. The summed E-state index contributed by atoms with van der Waals surface area (Å²) in [5.41, 5.74) is 0. The van der Waals surface area contributed by atoms with E-state index < -0.39 is 12.1 Å². The Labute approximate surface area is 393 Å². The van der Waals surface area contributed by atoms with E-state index in [1.54, 1.807) is 0 Å². The molecule has 2 atom stereocenters. The van der Waals surface area contributed by atoms with E-state index in [-0.39, 0.29) is 18.5 Å². The van der Waals surface area contributed by atoms with Gasteiger partial charge in [0.2, 0.25) is 5.91 Å². The van der Waals surface area contributed by atoms with Crippen molar-refractivity contribution >= 4 is 11.9 Å². The van der Waals surface area contributed by atoms with E-state index in [0.717, 1.165) is 64.2 Å². The molecule has 0 radical (unpaired) electrons. The van der Waals surface area contributed by atoms with Gasteiger partial charge in [0.25, 0.3) is 0 Å². The minimum atomic E-state index is -0.673. The van der Waals surface area contributed by atoms with Gasteiger partial charge in [-0.05, 0) is 51.4 Å². The number of hydrogen-bond acceptors (Lipinski definition) is 5. The van der Waals surface area contributed by atoms with Crippen molar-refractivity contribution in [2.24, 2.45) is 0 Å². The zero-order valence-electron chi connectivity index (χ0n) is 42.6. The van der Waals surface area contributed by atoms with Gasteiger partial charge in [-0.2, -0.15) is 0 Å². The summed E-state index contributed by atoms with van der Waals surface area (Å²) >= 11 is 0. The molecule has 3 N–H and O–H groups in total. The lowest BCUT2D eigenvalue weighted by Gasteiger charge is -2.22. The molecule has 0 rings (SSSR count). The maximum Gasteiger partial charge on any atom is 0.305 e. The molecule has 6 heteroatoms. The number of amides is 1. The fourth-order valence-electron chi connectivity index (χ4n) is 8.93. The Hall–Kier alpha value is -1.40. The Balaban J connectivity index is 3.42. The van der Waals surface area contributed by atoms with Crippen molar-refractivity contribution in [2.45, 2.75) is 328 Å². The molecule has 0 heterocycles. The van der Waals surface area contributed by atoms with Crippen molar-refractivity contribution in [1.29, 1.82) is 0 Å². The Morgan fingerprint density at radius 3 is 1.13 bits per heavy atom. The van der Waals surface area contributed by atoms with Crippen LogP contribution in [0.5, 0.6) is 0 Å². The fraction of sp³-hybridized carbons (Fsp3) is 0.930. The highest BCUT2D eigenvalue weighted by Gasteiger charge is 2.20. The van der Waals surface area contributed by atoms with E-state index in [0.29, 0.717) is 25.9 Å². The van der Waals surface area contributed by atoms with Gasteiger partial charge >= 0.3 is 5.97 Å². The molecule has 0 aromatic heterocycles. The van der Waals surface area contributed by atoms with Crippen LogP contribution in [0.25, 0.3) is 0 Å². The summed E-state index contributed by atoms with van der Waals surface area (Å²) in [4.78, 5) is 24.5. The van der Waals surface area contributed by atoms with Crippen LogP contribution in [-0.4, -0.2) is 47.4 Å². The van der Waals surface area contributed by atoms with Crippen molar-refractivity contribution in [2.75, 3.05) is 13.2 Å². The number of unbranched alkanes of at least 4 members (excludes halogenated alkanes) is 40. The first-order valence-corrected chi connectivity index (χ1v) is 28.4. The first kappa shape index (κ1) is 61.6. The third-order valence-corrected chi connectivity index (χ3v) is 13.3. The van der Waals surface area contributed by atoms with E-state index in [4.69, 9.17) is 4.74 Å². The Morgan fingerprint density at radius 1 is 0.429 bits per heavy atom. The molecule has 0 aliphatic heterocycles. The Morgan fingerprint density at radius 2 is 0.746 bits per heavy atom. The molecule has 0 aliphatic carbocycles. The lowest BCUT2D eigenvalue weighted by Crippen LogP contribution is -2.45. The first-order chi connectivity index (χ1) is 31.0. The van der Waals surface area contributed by atoms with E-state index in [1.807, 2.05) is 0 Å². The average molecular weight is 891 g/mol. The monoisotopic (exact) mass is 890 g/mol. The SMILES string of the molecule is CCCCCCCCCCCCCCCCCCCCC(=O)OCCCCCCCCC/C=C\CCCCCCCC(=O)NC(CO)C(O)CCCCCCCCCCCCCC. The number of carbonyl (C=O) groups is 2. The van der Waals surface area contributed by atoms with Gasteiger partial charge in [-0.1, -0.05) is 264 Å². The maximum atomic E-state index is 12.4. The second kappa shape index (κ2) is 53.2. The van der Waals surface area contributed by atoms with Crippen LogP contribution in [-0.2, 0) is 14.3 Å². The lowest BCUT2D eigenvalue weighted by molar-refractivity contribution is -0.143. The molecule has 0 aliphatic rings. The van der Waals surface area contributed by atoms with Gasteiger partial charge in [-0.3, -0.25) is 9.59 Å². The molecule has 0 aromatic rings. The number of esters is 1. The minimum Gasteiger partial charge on any atom is -0.466 e. The Bertz CT molecular complexity index is 939. The molecule has 63 heavy (non-hydrogen) atoms. The molecule has 0 saturated heterocycles. The number of rotatable bonds is 53. The van der Waals surface area contributed by atoms with Gasteiger partial charge in [0, 0.05) is 12.8 Å². The van der Waals surface area contributed by atoms with Gasteiger partial charge in [0.05, 0.1) is 25.4 Å². The van der Waals surface area contributed by atoms with Crippen LogP contribution in [0.2, 0.25) is 0 Å². The highest BCUT2D eigenvalue weighted by molar-refractivity contribution is 5.76. The maximum absolute atomic E-state index is 12.4. The topological polar surface area (TPSA) is 95.9 Å². The zero-order valence-corrected chi connectivity index (χ0v) is 42.6. The van der Waals surface area contributed by atoms with Gasteiger partial charge in [-0.15, -0.1) is 0 Å². The summed E-state index contributed by atoms with van der Waals surface area (Å²) < 4.78 is 5.48. The van der Waals surface area contributed by atoms with Crippen LogP contribution in [0.4, 0.5) is 0 Å². The number of aliphatic hydroxyl groups excluding tert-OH is 2. The van der Waals surface area contributed by atoms with E-state index >= 15 is 0 Å². The number of aliphatic hydroxyl groups is 2. The normalized spacial score (nSPS) is 12.6. The van der Waals surface area contributed by atoms with Crippen LogP contribution >= 0.6 is 0 Å². The highest BCUT2D eigenvalue weighted by Crippen LogP contribution is 2.17. The molecule has 2 unspecified atom stereocenters. The van der Waals surface area contributed by atoms with Crippen molar-refractivity contribution in [3.05, 3.63) is 12.2 Å². The van der Waals surface area contributed by atoms with Gasteiger partial charge in [0.15, 0.2) is 0 Å². The lowest BCUT2D eigenvalue weighted by atomic mass is 10.0. The summed E-state index contributed by atoms with van der Waals surface area (Å²) in [5.74, 6) is -0.0496. The number of nitrogens with one attached hydrogen (secondary N) is 1. The summed E-state index contributed by atoms with van der Waals surface area (Å²) in [6, 6.07) is -0.552. The van der Waals surface area contributed by atoms with Gasteiger partial charge in [0.1, 0.15) is 0 Å². The summed E-state index contributed by atoms with van der Waals surface area (Å²) in [6.45, 7) is 4.94. The third-order valence-electron chi connectivity index (χ3n) is 13.3. The van der Waals surface area contributed by atoms with Crippen molar-refractivity contribution in [3.63, 3.8) is 0 Å². The van der Waals surface area contributed by atoms with Crippen LogP contribution in [0.1, 0.15) is 316 Å². The summed E-state index contributed by atoms with van der Waals surface area (Å²) in [7, 11) is 0. The fourth-order valence-corrected chi connectivity index (χ4v) is 8.93. The highest BCUT2D eigenvalue weighted by atomic mass is 16.5.